The van der Waals surface area contributed by atoms with Crippen molar-refractivity contribution in [3.8, 4) is 0 Å². The van der Waals surface area contributed by atoms with Crippen LogP contribution in [0.1, 0.15) is 32.1 Å². The number of carbonyl (C=O) groups is 4. The van der Waals surface area contributed by atoms with E-state index in [1.807, 2.05) is 0 Å². The first-order valence-electron chi connectivity index (χ1n) is 7.97. The summed E-state index contributed by atoms with van der Waals surface area (Å²) in [6, 6.07) is -2.77. The van der Waals surface area contributed by atoms with Crippen molar-refractivity contribution in [2.24, 2.45) is 28.7 Å². The maximum absolute atomic E-state index is 10.0. The fraction of sp³-hybridized carbons (Fsp3) is 0.714. The third kappa shape index (κ3) is 26.2. The van der Waals surface area contributed by atoms with Crippen molar-refractivity contribution in [1.82, 2.24) is 0 Å². The maximum atomic E-state index is 10.0. The predicted octanol–water partition coefficient (Wildman–Crippen LogP) is -2.43. The maximum Gasteiger partial charge on any atom is 0.321 e. The number of halogens is 1. The molecule has 0 spiro atoms. The molecular formula is C14H32ClN5O8. The monoisotopic (exact) mass is 433 g/mol. The van der Waals surface area contributed by atoms with Crippen LogP contribution in [0.25, 0.3) is 0 Å². The van der Waals surface area contributed by atoms with Gasteiger partial charge in [0.2, 0.25) is 0 Å². The van der Waals surface area contributed by atoms with Crippen molar-refractivity contribution in [3.05, 3.63) is 0 Å². The van der Waals surface area contributed by atoms with Gasteiger partial charge < -0.3 is 49.1 Å². The van der Waals surface area contributed by atoms with Gasteiger partial charge in [-0.1, -0.05) is 0 Å². The van der Waals surface area contributed by atoms with E-state index in [0.717, 1.165) is 0 Å². The molecule has 0 aliphatic heterocycles. The standard InChI is InChI=1S/2C5H12N2O2.C4H7NO4.ClH/c2*6-3-1-2-4(7)5(8)9;5-2(4(8)9)1-3(6)7;/h2*4H,1-3,6-7H2,(H,8,9);2H,1,5H2,(H,6,7)(H,8,9);1H/t2*4-;2-;/m000./s1. The smallest absolute Gasteiger partial charge is 0.321 e. The highest BCUT2D eigenvalue weighted by molar-refractivity contribution is 5.85. The average molecular weight is 434 g/mol. The fourth-order valence-electron chi connectivity index (χ4n) is 1.20. The molecule has 168 valence electrons. The van der Waals surface area contributed by atoms with E-state index < -0.39 is 48.4 Å². The summed E-state index contributed by atoms with van der Waals surface area (Å²) in [5.74, 6) is -4.41. The van der Waals surface area contributed by atoms with Crippen molar-refractivity contribution in [2.45, 2.75) is 50.2 Å². The molecule has 0 fully saturated rings. The molecule has 0 aromatic heterocycles. The van der Waals surface area contributed by atoms with E-state index in [0.29, 0.717) is 38.8 Å². The van der Waals surface area contributed by atoms with E-state index in [-0.39, 0.29) is 12.4 Å². The van der Waals surface area contributed by atoms with E-state index in [2.05, 4.69) is 0 Å². The Balaban J connectivity index is -0.000000152. The lowest BCUT2D eigenvalue weighted by molar-refractivity contribution is -0.144. The molecule has 0 aromatic rings. The molecule has 0 aliphatic rings. The van der Waals surface area contributed by atoms with Gasteiger partial charge in [-0.3, -0.25) is 19.2 Å². The van der Waals surface area contributed by atoms with Crippen molar-refractivity contribution < 1.29 is 39.6 Å². The van der Waals surface area contributed by atoms with Crippen LogP contribution in [-0.2, 0) is 19.2 Å². The zero-order chi connectivity index (χ0) is 22.0. The Bertz CT molecular complexity index is 431. The van der Waals surface area contributed by atoms with Crippen LogP contribution in [0.5, 0.6) is 0 Å². The van der Waals surface area contributed by atoms with Gasteiger partial charge in [0.05, 0.1) is 6.42 Å². The number of carboxylic acids is 4. The van der Waals surface area contributed by atoms with Gasteiger partial charge in [-0.25, -0.2) is 0 Å². The summed E-state index contributed by atoms with van der Waals surface area (Å²) < 4.78 is 0. The van der Waals surface area contributed by atoms with Gasteiger partial charge in [-0.15, -0.1) is 12.4 Å². The van der Waals surface area contributed by atoms with Gasteiger partial charge in [0.15, 0.2) is 0 Å². The third-order valence-corrected chi connectivity index (χ3v) is 2.78. The highest BCUT2D eigenvalue weighted by Gasteiger charge is 2.14. The SMILES string of the molecule is Cl.NCCC[C@H](N)C(=O)O.NCCC[C@H](N)C(=O)O.N[C@@H](CC(=O)O)C(=O)O. The molecule has 0 bridgehead atoms. The molecule has 0 unspecified atom stereocenters. The molecule has 0 saturated heterocycles. The van der Waals surface area contributed by atoms with Gasteiger partial charge >= 0.3 is 23.9 Å². The highest BCUT2D eigenvalue weighted by atomic mass is 35.5. The van der Waals surface area contributed by atoms with Crippen molar-refractivity contribution in [1.29, 1.82) is 0 Å². The molecule has 28 heavy (non-hydrogen) atoms. The lowest BCUT2D eigenvalue weighted by atomic mass is 10.2. The zero-order valence-electron chi connectivity index (χ0n) is 15.4. The molecule has 0 radical (unpaired) electrons. The predicted molar refractivity (Wildman–Crippen MR) is 103 cm³/mol. The molecule has 14 N–H and O–H groups in total. The average Bonchev–Trinajstić information content (AvgIpc) is 2.57. The summed E-state index contributed by atoms with van der Waals surface area (Å²) in [5, 5.41) is 32.5. The first kappa shape index (κ1) is 33.5. The van der Waals surface area contributed by atoms with Crippen molar-refractivity contribution in [2.75, 3.05) is 13.1 Å². The molecule has 0 heterocycles. The second-order valence-corrected chi connectivity index (χ2v) is 5.29. The van der Waals surface area contributed by atoms with Crippen LogP contribution in [0.15, 0.2) is 0 Å². The Morgan fingerprint density at radius 1 is 0.643 bits per heavy atom. The number of hydrogen-bond donors (Lipinski definition) is 9. The van der Waals surface area contributed by atoms with E-state index in [9.17, 15) is 19.2 Å². The lowest BCUT2D eigenvalue weighted by Gasteiger charge is -2.02. The molecule has 0 aliphatic carbocycles. The van der Waals surface area contributed by atoms with Gasteiger partial charge in [0.1, 0.15) is 18.1 Å². The minimum absolute atomic E-state index is 0. The minimum Gasteiger partial charge on any atom is -0.481 e. The lowest BCUT2D eigenvalue weighted by Crippen LogP contribution is -2.32. The summed E-state index contributed by atoms with van der Waals surface area (Å²) in [6.07, 6.45) is 1.74. The van der Waals surface area contributed by atoms with E-state index in [4.69, 9.17) is 49.1 Å². The van der Waals surface area contributed by atoms with Crippen LogP contribution < -0.4 is 28.7 Å². The molecule has 13 nitrogen and oxygen atoms in total. The molecule has 0 amide bonds. The molecule has 3 atom stereocenters. The number of hydrogen-bond acceptors (Lipinski definition) is 9. The van der Waals surface area contributed by atoms with Crippen LogP contribution in [0.4, 0.5) is 0 Å². The zero-order valence-corrected chi connectivity index (χ0v) is 16.2. The third-order valence-electron chi connectivity index (χ3n) is 2.78. The van der Waals surface area contributed by atoms with Gasteiger partial charge in [0.25, 0.3) is 0 Å². The summed E-state index contributed by atoms with van der Waals surface area (Å²) in [4.78, 5) is 39.7. The van der Waals surface area contributed by atoms with Crippen molar-refractivity contribution >= 4 is 36.3 Å². The molecule has 0 rings (SSSR count). The highest BCUT2D eigenvalue weighted by Crippen LogP contribution is 1.91. The Morgan fingerprint density at radius 2 is 0.929 bits per heavy atom. The fourth-order valence-corrected chi connectivity index (χ4v) is 1.20. The number of rotatable bonds is 11. The first-order valence-corrected chi connectivity index (χ1v) is 7.97. The summed E-state index contributed by atoms with van der Waals surface area (Å²) in [7, 11) is 0. The number of aliphatic carboxylic acids is 4. The largest absolute Gasteiger partial charge is 0.481 e. The van der Waals surface area contributed by atoms with E-state index in [1.54, 1.807) is 0 Å². The van der Waals surface area contributed by atoms with E-state index >= 15 is 0 Å². The first-order chi connectivity index (χ1) is 12.4. The molecule has 0 aromatic carbocycles. The van der Waals surface area contributed by atoms with Gasteiger partial charge in [-0.05, 0) is 38.8 Å². The summed E-state index contributed by atoms with van der Waals surface area (Å²) in [5.41, 5.74) is 25.4. The normalized spacial score (nSPS) is 12.5. The topological polar surface area (TPSA) is 279 Å². The second-order valence-electron chi connectivity index (χ2n) is 5.29. The number of carboxylic acid groups (broad SMARTS) is 4. The molecular weight excluding hydrogens is 402 g/mol. The van der Waals surface area contributed by atoms with Crippen LogP contribution in [0, 0.1) is 0 Å². The van der Waals surface area contributed by atoms with Crippen LogP contribution in [0.2, 0.25) is 0 Å². The van der Waals surface area contributed by atoms with E-state index in [1.165, 1.54) is 0 Å². The number of nitrogens with two attached hydrogens (primary N) is 5. The Morgan fingerprint density at radius 3 is 1.07 bits per heavy atom. The van der Waals surface area contributed by atoms with Crippen LogP contribution >= 0.6 is 12.4 Å². The Kier molecular flexibility index (Phi) is 25.5. The Hall–Kier alpha value is -2.03. The minimum atomic E-state index is -1.29. The van der Waals surface area contributed by atoms with Gasteiger partial charge in [0, 0.05) is 0 Å². The Labute approximate surface area is 168 Å². The molecule has 14 heteroatoms. The summed E-state index contributed by atoms with van der Waals surface area (Å²) >= 11 is 0. The van der Waals surface area contributed by atoms with Gasteiger partial charge in [-0.2, -0.15) is 0 Å². The van der Waals surface area contributed by atoms with Crippen LogP contribution in [0.3, 0.4) is 0 Å². The van der Waals surface area contributed by atoms with Crippen LogP contribution in [-0.4, -0.2) is 75.5 Å². The quantitative estimate of drug-likeness (QED) is 0.164. The molecule has 0 saturated carbocycles. The van der Waals surface area contributed by atoms with Crippen molar-refractivity contribution in [3.63, 3.8) is 0 Å². The summed E-state index contributed by atoms with van der Waals surface area (Å²) in [6.45, 7) is 1.00. The second kappa shape index (κ2) is 21.3.